The number of nitrogen functional groups attached to an aromatic ring is 1. The predicted octanol–water partition coefficient (Wildman–Crippen LogP) is 3.69. The molecule has 5 heterocycles. The molecule has 0 spiro atoms. The second kappa shape index (κ2) is 10.5. The molecule has 4 aromatic rings. The molecule has 1 atom stereocenters. The van der Waals surface area contributed by atoms with Gasteiger partial charge >= 0.3 is 0 Å². The van der Waals surface area contributed by atoms with Crippen LogP contribution in [-0.4, -0.2) is 69.5 Å². The van der Waals surface area contributed by atoms with Crippen molar-refractivity contribution >= 4 is 29.0 Å². The van der Waals surface area contributed by atoms with Crippen LogP contribution >= 0.6 is 0 Å². The van der Waals surface area contributed by atoms with Gasteiger partial charge in [0, 0.05) is 54.3 Å². The lowest BCUT2D eigenvalue weighted by molar-refractivity contribution is -0.169. The second-order valence-corrected chi connectivity index (χ2v) is 11.0. The lowest BCUT2D eigenvalue weighted by atomic mass is 9.85. The van der Waals surface area contributed by atoms with E-state index in [1.807, 2.05) is 30.9 Å². The largest absolute Gasteiger partial charge is 0.497 e. The summed E-state index contributed by atoms with van der Waals surface area (Å²) in [5, 5.41) is 2.80. The highest BCUT2D eigenvalue weighted by atomic mass is 16.5. The number of nitrogens with one attached hydrogen (secondary N) is 1. The first kappa shape index (κ1) is 26.7. The topological polar surface area (TPSA) is 137 Å². The van der Waals surface area contributed by atoms with E-state index in [2.05, 4.69) is 19.7 Å². The number of hydrogen-bond donors (Lipinski definition) is 2. The number of piperidine rings is 1. The lowest BCUT2D eigenvalue weighted by Crippen LogP contribution is -2.55. The number of rotatable bonds is 6. The average molecular weight is 556 g/mol. The summed E-state index contributed by atoms with van der Waals surface area (Å²) in [6.07, 6.45) is 5.12. The van der Waals surface area contributed by atoms with E-state index in [-0.39, 0.29) is 17.7 Å². The summed E-state index contributed by atoms with van der Waals surface area (Å²) < 4.78 is 12.6. The molecule has 212 valence electrons. The number of likely N-dealkylation sites (tertiary alicyclic amines) is 1. The average Bonchev–Trinajstić information content (AvgIpc) is 3.40. The van der Waals surface area contributed by atoms with Gasteiger partial charge in [-0.2, -0.15) is 0 Å². The molecule has 3 N–H and O–H groups in total. The van der Waals surface area contributed by atoms with Gasteiger partial charge in [-0.05, 0) is 44.9 Å². The van der Waals surface area contributed by atoms with Crippen molar-refractivity contribution in [3.63, 3.8) is 0 Å². The Morgan fingerprint density at radius 1 is 1.17 bits per heavy atom. The first-order valence-electron chi connectivity index (χ1n) is 13.7. The Labute approximate surface area is 237 Å². The summed E-state index contributed by atoms with van der Waals surface area (Å²) in [5.41, 5.74) is 9.59. The number of aryl methyl sites for hydroxylation is 1. The van der Waals surface area contributed by atoms with Gasteiger partial charge in [0.15, 0.2) is 0 Å². The van der Waals surface area contributed by atoms with Crippen molar-refractivity contribution < 1.29 is 19.1 Å². The van der Waals surface area contributed by atoms with E-state index in [1.54, 1.807) is 43.8 Å². The molecule has 6 rings (SSSR count). The number of carbonyl (C=O) groups excluding carboxylic acids is 2. The lowest BCUT2D eigenvalue weighted by Gasteiger charge is -2.42. The molecule has 1 aromatic carbocycles. The number of imidazole rings is 1. The van der Waals surface area contributed by atoms with E-state index in [9.17, 15) is 9.59 Å². The van der Waals surface area contributed by atoms with E-state index in [0.717, 1.165) is 42.0 Å². The van der Waals surface area contributed by atoms with E-state index in [0.29, 0.717) is 48.4 Å². The molecule has 41 heavy (non-hydrogen) atoms. The van der Waals surface area contributed by atoms with Gasteiger partial charge in [-0.3, -0.25) is 14.0 Å². The zero-order valence-electron chi connectivity index (χ0n) is 23.4. The van der Waals surface area contributed by atoms with E-state index >= 15 is 0 Å². The van der Waals surface area contributed by atoms with Crippen molar-refractivity contribution in [1.82, 2.24) is 24.3 Å². The Bertz CT molecular complexity index is 1630. The van der Waals surface area contributed by atoms with Gasteiger partial charge in [-0.1, -0.05) is 12.1 Å². The van der Waals surface area contributed by atoms with Crippen molar-refractivity contribution in [2.75, 3.05) is 44.5 Å². The van der Waals surface area contributed by atoms with Crippen molar-refractivity contribution in [3.8, 4) is 17.0 Å². The molecule has 0 unspecified atom stereocenters. The number of ether oxygens (including phenoxy) is 2. The number of methoxy groups -OCH3 is 1. The number of nitrogens with zero attached hydrogens (tertiary/aromatic N) is 5. The molecule has 2 amide bonds. The van der Waals surface area contributed by atoms with E-state index < -0.39 is 5.41 Å². The van der Waals surface area contributed by atoms with E-state index in [1.165, 1.54) is 0 Å². The quantitative estimate of drug-likeness (QED) is 0.368. The minimum atomic E-state index is -0.442. The predicted molar refractivity (Wildman–Crippen MR) is 154 cm³/mol. The zero-order chi connectivity index (χ0) is 28.7. The van der Waals surface area contributed by atoms with Crippen LogP contribution in [0.15, 0.2) is 48.8 Å². The maximum absolute atomic E-state index is 13.3. The number of fused-ring (bicyclic) bond motifs is 1. The van der Waals surface area contributed by atoms with Crippen LogP contribution in [0.25, 0.3) is 16.8 Å². The Kier molecular flexibility index (Phi) is 6.82. The summed E-state index contributed by atoms with van der Waals surface area (Å²) in [7, 11) is 1.56. The summed E-state index contributed by atoms with van der Waals surface area (Å²) >= 11 is 0. The number of hydrogen-bond acceptors (Lipinski definition) is 8. The van der Waals surface area contributed by atoms with Crippen molar-refractivity contribution in [2.45, 2.75) is 32.6 Å². The van der Waals surface area contributed by atoms with Crippen molar-refractivity contribution in [2.24, 2.45) is 5.41 Å². The molecule has 2 aliphatic rings. The third kappa shape index (κ3) is 4.86. The molecule has 0 aliphatic carbocycles. The number of amides is 2. The fraction of sp³-hybridized carbons (Fsp3) is 0.367. The van der Waals surface area contributed by atoms with Crippen LogP contribution in [0.2, 0.25) is 0 Å². The standard InChI is InChI=1S/C30H33N7O4/c1-18-14-33-26(31)25-24(19-6-8-20(9-7-19)28(38)34-23-13-22(40-3)10-11-32-23)35-27(37(18)25)21-5-4-12-36(15-21)29(39)30(2)16-41-17-30/h6-11,13-14,21H,4-5,12,15-17H2,1-3H3,(H2,31,33)(H,32,34,38)/t21-/m1/s1. The smallest absolute Gasteiger partial charge is 0.256 e. The first-order chi connectivity index (χ1) is 19.8. The molecule has 0 bridgehead atoms. The highest BCUT2D eigenvalue weighted by Crippen LogP contribution is 2.37. The number of anilines is 2. The summed E-state index contributed by atoms with van der Waals surface area (Å²) in [5.74, 6) is 2.13. The number of pyridine rings is 1. The molecular weight excluding hydrogens is 522 g/mol. The third-order valence-corrected chi connectivity index (χ3v) is 7.95. The zero-order valence-corrected chi connectivity index (χ0v) is 23.4. The summed E-state index contributed by atoms with van der Waals surface area (Å²) in [6, 6.07) is 10.6. The van der Waals surface area contributed by atoms with Gasteiger partial charge in [-0.15, -0.1) is 0 Å². The van der Waals surface area contributed by atoms with Gasteiger partial charge < -0.3 is 25.4 Å². The van der Waals surface area contributed by atoms with Crippen LogP contribution in [0.5, 0.6) is 5.75 Å². The van der Waals surface area contributed by atoms with Gasteiger partial charge in [0.05, 0.1) is 25.7 Å². The minimum Gasteiger partial charge on any atom is -0.497 e. The van der Waals surface area contributed by atoms with Crippen LogP contribution < -0.4 is 15.8 Å². The molecule has 0 saturated carbocycles. The second-order valence-electron chi connectivity index (χ2n) is 11.0. The van der Waals surface area contributed by atoms with Crippen LogP contribution in [0.1, 0.15) is 47.6 Å². The number of carbonyl (C=O) groups is 2. The van der Waals surface area contributed by atoms with Crippen molar-refractivity contribution in [1.29, 1.82) is 0 Å². The number of nitrogens with two attached hydrogens (primary N) is 1. The van der Waals surface area contributed by atoms with Gasteiger partial charge in [0.25, 0.3) is 5.91 Å². The Balaban J connectivity index is 1.30. The number of benzene rings is 1. The Morgan fingerprint density at radius 3 is 2.66 bits per heavy atom. The van der Waals surface area contributed by atoms with Gasteiger partial charge in [0.1, 0.15) is 34.4 Å². The summed E-state index contributed by atoms with van der Waals surface area (Å²) in [4.78, 5) is 41.8. The monoisotopic (exact) mass is 555 g/mol. The summed E-state index contributed by atoms with van der Waals surface area (Å²) in [6.45, 7) is 6.21. The molecule has 0 radical (unpaired) electrons. The fourth-order valence-corrected chi connectivity index (χ4v) is 5.65. The molecule has 2 fully saturated rings. The Morgan fingerprint density at radius 2 is 1.95 bits per heavy atom. The molecule has 3 aromatic heterocycles. The SMILES string of the molecule is COc1ccnc(NC(=O)c2ccc(-c3nc([C@@H]4CCCN(C(=O)C5(C)COC5)C4)n4c(C)cnc(N)c34)cc2)c1. The van der Waals surface area contributed by atoms with Gasteiger partial charge in [-0.25, -0.2) is 15.0 Å². The third-order valence-electron chi connectivity index (χ3n) is 7.95. The van der Waals surface area contributed by atoms with Crippen LogP contribution in [0.4, 0.5) is 11.6 Å². The molecule has 11 heteroatoms. The Hall–Kier alpha value is -4.51. The fourth-order valence-electron chi connectivity index (χ4n) is 5.65. The van der Waals surface area contributed by atoms with Crippen LogP contribution in [0.3, 0.4) is 0 Å². The first-order valence-corrected chi connectivity index (χ1v) is 13.7. The molecule has 11 nitrogen and oxygen atoms in total. The highest BCUT2D eigenvalue weighted by Gasteiger charge is 2.44. The minimum absolute atomic E-state index is 0.0412. The van der Waals surface area contributed by atoms with E-state index in [4.69, 9.17) is 20.2 Å². The van der Waals surface area contributed by atoms with Crippen LogP contribution in [-0.2, 0) is 9.53 Å². The maximum atomic E-state index is 13.3. The highest BCUT2D eigenvalue weighted by molar-refractivity contribution is 6.04. The molecule has 2 aliphatic heterocycles. The van der Waals surface area contributed by atoms with Gasteiger partial charge in [0.2, 0.25) is 5.91 Å². The maximum Gasteiger partial charge on any atom is 0.256 e. The normalized spacial score (nSPS) is 18.1. The van der Waals surface area contributed by atoms with Crippen LogP contribution in [0, 0.1) is 12.3 Å². The molecule has 2 saturated heterocycles. The molecular formula is C30H33N7O4. The number of aromatic nitrogens is 4. The van der Waals surface area contributed by atoms with Crippen molar-refractivity contribution in [3.05, 3.63) is 65.9 Å².